The number of rotatable bonds is 4. The number of phenolic OH excluding ortho intramolecular Hbond substituents is 1. The van der Waals surface area contributed by atoms with E-state index >= 15 is 0 Å². The van der Waals surface area contributed by atoms with E-state index in [-0.39, 0.29) is 6.10 Å². The van der Waals surface area contributed by atoms with Crippen LogP contribution in [0.4, 0.5) is 5.69 Å². The molecular formula is C18H21NO2. The smallest absolute Gasteiger partial charge is 0.115 e. The minimum Gasteiger partial charge on any atom is -0.508 e. The number of aromatic hydroxyl groups is 1. The quantitative estimate of drug-likeness (QED) is 0.931. The number of benzene rings is 2. The molecule has 0 amide bonds. The first-order valence-corrected chi connectivity index (χ1v) is 7.51. The fraction of sp³-hybridized carbons (Fsp3) is 0.333. The Balaban J connectivity index is 1.57. The maximum Gasteiger partial charge on any atom is 0.115 e. The molecule has 110 valence electrons. The molecule has 0 bridgehead atoms. The molecule has 1 atom stereocenters. The molecule has 0 radical (unpaired) electrons. The van der Waals surface area contributed by atoms with Crippen molar-refractivity contribution < 1.29 is 9.84 Å². The fourth-order valence-electron chi connectivity index (χ4n) is 2.76. The molecule has 0 saturated carbocycles. The third-order valence-corrected chi connectivity index (χ3v) is 3.92. The zero-order valence-corrected chi connectivity index (χ0v) is 12.1. The Bertz CT molecular complexity index is 553. The van der Waals surface area contributed by atoms with Crippen molar-refractivity contribution in [2.24, 2.45) is 0 Å². The molecule has 1 saturated heterocycles. The molecule has 2 aromatic rings. The van der Waals surface area contributed by atoms with E-state index in [4.69, 9.17) is 4.74 Å². The van der Waals surface area contributed by atoms with Gasteiger partial charge in [-0.3, -0.25) is 0 Å². The van der Waals surface area contributed by atoms with Gasteiger partial charge in [0.2, 0.25) is 0 Å². The lowest BCUT2D eigenvalue weighted by molar-refractivity contribution is 0.0316. The van der Waals surface area contributed by atoms with Gasteiger partial charge < -0.3 is 14.7 Å². The van der Waals surface area contributed by atoms with Crippen LogP contribution in [0.1, 0.15) is 18.4 Å². The van der Waals surface area contributed by atoms with Crippen LogP contribution in [-0.2, 0) is 11.3 Å². The average molecular weight is 283 g/mol. The van der Waals surface area contributed by atoms with Crippen LogP contribution in [-0.4, -0.2) is 24.3 Å². The number of hydrogen-bond donors (Lipinski definition) is 1. The van der Waals surface area contributed by atoms with E-state index in [0.29, 0.717) is 12.4 Å². The van der Waals surface area contributed by atoms with Crippen LogP contribution >= 0.6 is 0 Å². The third-order valence-electron chi connectivity index (χ3n) is 3.92. The fourth-order valence-corrected chi connectivity index (χ4v) is 2.76. The van der Waals surface area contributed by atoms with Crippen LogP contribution in [0.15, 0.2) is 54.6 Å². The van der Waals surface area contributed by atoms with E-state index in [9.17, 15) is 5.11 Å². The SMILES string of the molecule is Oc1ccc(N2CCCC(OCc3ccccc3)C2)cc1. The molecule has 1 unspecified atom stereocenters. The van der Waals surface area contributed by atoms with E-state index in [2.05, 4.69) is 17.0 Å². The molecule has 0 aliphatic carbocycles. The molecule has 21 heavy (non-hydrogen) atoms. The number of ether oxygens (including phenoxy) is 1. The molecule has 1 aliphatic heterocycles. The highest BCUT2D eigenvalue weighted by molar-refractivity contribution is 5.49. The lowest BCUT2D eigenvalue weighted by Gasteiger charge is -2.34. The average Bonchev–Trinajstić information content (AvgIpc) is 2.55. The van der Waals surface area contributed by atoms with Crippen molar-refractivity contribution in [2.75, 3.05) is 18.0 Å². The van der Waals surface area contributed by atoms with E-state index in [1.54, 1.807) is 12.1 Å². The summed E-state index contributed by atoms with van der Waals surface area (Å²) in [6.07, 6.45) is 2.52. The minimum atomic E-state index is 0.271. The minimum absolute atomic E-state index is 0.271. The van der Waals surface area contributed by atoms with Gasteiger partial charge in [0.15, 0.2) is 0 Å². The summed E-state index contributed by atoms with van der Waals surface area (Å²) in [5, 5.41) is 9.37. The van der Waals surface area contributed by atoms with Crippen molar-refractivity contribution in [1.29, 1.82) is 0 Å². The van der Waals surface area contributed by atoms with E-state index in [1.165, 1.54) is 5.56 Å². The van der Waals surface area contributed by atoms with Gasteiger partial charge in [-0.15, -0.1) is 0 Å². The molecule has 1 aliphatic rings. The van der Waals surface area contributed by atoms with Crippen molar-refractivity contribution in [3.8, 4) is 5.75 Å². The first-order chi connectivity index (χ1) is 10.3. The van der Waals surface area contributed by atoms with Crippen molar-refractivity contribution in [3.05, 3.63) is 60.2 Å². The van der Waals surface area contributed by atoms with Gasteiger partial charge in [0.25, 0.3) is 0 Å². The summed E-state index contributed by atoms with van der Waals surface area (Å²) in [6.45, 7) is 2.64. The highest BCUT2D eigenvalue weighted by Gasteiger charge is 2.20. The predicted molar refractivity (Wildman–Crippen MR) is 84.6 cm³/mol. The second-order valence-corrected chi connectivity index (χ2v) is 5.52. The van der Waals surface area contributed by atoms with Crippen LogP contribution < -0.4 is 4.90 Å². The number of hydrogen-bond acceptors (Lipinski definition) is 3. The van der Waals surface area contributed by atoms with Crippen molar-refractivity contribution in [3.63, 3.8) is 0 Å². The van der Waals surface area contributed by atoms with Gasteiger partial charge in [0.05, 0.1) is 12.7 Å². The molecule has 0 aromatic heterocycles. The van der Waals surface area contributed by atoms with Crippen LogP contribution in [0, 0.1) is 0 Å². The Kier molecular flexibility index (Phi) is 4.41. The topological polar surface area (TPSA) is 32.7 Å². The molecule has 1 N–H and O–H groups in total. The summed E-state index contributed by atoms with van der Waals surface area (Å²) in [5.74, 6) is 0.313. The largest absolute Gasteiger partial charge is 0.508 e. The second kappa shape index (κ2) is 6.64. The molecular weight excluding hydrogens is 262 g/mol. The van der Waals surface area contributed by atoms with Gasteiger partial charge in [-0.1, -0.05) is 30.3 Å². The number of piperidine rings is 1. The van der Waals surface area contributed by atoms with Gasteiger partial charge in [-0.05, 0) is 42.7 Å². The van der Waals surface area contributed by atoms with Gasteiger partial charge >= 0.3 is 0 Å². The summed E-state index contributed by atoms with van der Waals surface area (Å²) in [7, 11) is 0. The maximum absolute atomic E-state index is 9.37. The lowest BCUT2D eigenvalue weighted by Crippen LogP contribution is -2.39. The van der Waals surface area contributed by atoms with E-state index < -0.39 is 0 Å². The van der Waals surface area contributed by atoms with E-state index in [1.807, 2.05) is 30.3 Å². The molecule has 1 fully saturated rings. The summed E-state index contributed by atoms with van der Waals surface area (Å²) >= 11 is 0. The summed E-state index contributed by atoms with van der Waals surface area (Å²) < 4.78 is 6.05. The van der Waals surface area contributed by atoms with Crippen LogP contribution in [0.3, 0.4) is 0 Å². The molecule has 2 aromatic carbocycles. The second-order valence-electron chi connectivity index (χ2n) is 5.52. The van der Waals surface area contributed by atoms with Gasteiger partial charge in [-0.2, -0.15) is 0 Å². The summed E-state index contributed by atoms with van der Waals surface area (Å²) in [4.78, 5) is 2.33. The Morgan fingerprint density at radius 2 is 1.81 bits per heavy atom. The Morgan fingerprint density at radius 3 is 2.57 bits per heavy atom. The van der Waals surface area contributed by atoms with Crippen LogP contribution in [0.5, 0.6) is 5.75 Å². The monoisotopic (exact) mass is 283 g/mol. The molecule has 1 heterocycles. The number of nitrogens with zero attached hydrogens (tertiary/aromatic N) is 1. The normalized spacial score (nSPS) is 18.7. The van der Waals surface area contributed by atoms with E-state index in [0.717, 1.165) is 31.6 Å². The zero-order valence-electron chi connectivity index (χ0n) is 12.1. The first-order valence-electron chi connectivity index (χ1n) is 7.51. The Morgan fingerprint density at radius 1 is 1.05 bits per heavy atom. The summed E-state index contributed by atoms with van der Waals surface area (Å²) in [5.41, 5.74) is 2.38. The van der Waals surface area contributed by atoms with Crippen molar-refractivity contribution in [2.45, 2.75) is 25.6 Å². The van der Waals surface area contributed by atoms with Gasteiger partial charge in [0, 0.05) is 18.8 Å². The first kappa shape index (κ1) is 14.0. The standard InChI is InChI=1S/C18H21NO2/c20-17-10-8-16(9-11-17)19-12-4-7-18(13-19)21-14-15-5-2-1-3-6-15/h1-3,5-6,8-11,18,20H,4,7,12-14H2. The van der Waals surface area contributed by atoms with Crippen LogP contribution in [0.2, 0.25) is 0 Å². The molecule has 3 nitrogen and oxygen atoms in total. The lowest BCUT2D eigenvalue weighted by atomic mass is 10.1. The Labute approximate surface area is 125 Å². The van der Waals surface area contributed by atoms with Gasteiger partial charge in [-0.25, -0.2) is 0 Å². The van der Waals surface area contributed by atoms with Crippen LogP contribution in [0.25, 0.3) is 0 Å². The predicted octanol–water partition coefficient (Wildman–Crippen LogP) is 3.58. The maximum atomic E-state index is 9.37. The Hall–Kier alpha value is -2.00. The third kappa shape index (κ3) is 3.76. The number of phenols is 1. The van der Waals surface area contributed by atoms with Gasteiger partial charge in [0.1, 0.15) is 5.75 Å². The van der Waals surface area contributed by atoms with Crippen molar-refractivity contribution >= 4 is 5.69 Å². The molecule has 3 rings (SSSR count). The zero-order chi connectivity index (χ0) is 14.5. The highest BCUT2D eigenvalue weighted by Crippen LogP contribution is 2.23. The molecule has 3 heteroatoms. The number of anilines is 1. The highest BCUT2D eigenvalue weighted by atomic mass is 16.5. The van der Waals surface area contributed by atoms with Crippen molar-refractivity contribution in [1.82, 2.24) is 0 Å². The molecule has 0 spiro atoms. The summed E-state index contributed by atoms with van der Waals surface area (Å²) in [6, 6.07) is 17.7.